The molecule has 0 aliphatic rings. The summed E-state index contributed by atoms with van der Waals surface area (Å²) in [5.74, 6) is 0. The molecule has 3 nitrogen and oxygen atoms in total. The van der Waals surface area contributed by atoms with Crippen molar-refractivity contribution in [3.63, 3.8) is 0 Å². The normalized spacial score (nSPS) is 11.6. The van der Waals surface area contributed by atoms with Crippen molar-refractivity contribution in [1.29, 1.82) is 0 Å². The van der Waals surface area contributed by atoms with Crippen molar-refractivity contribution >= 4 is 9.53 Å². The van der Waals surface area contributed by atoms with Crippen molar-refractivity contribution in [3.05, 3.63) is 12.2 Å². The number of hydrogen-bond acceptors (Lipinski definition) is 3. The van der Waals surface area contributed by atoms with Gasteiger partial charge >= 0.3 is 9.53 Å². The van der Waals surface area contributed by atoms with E-state index < -0.39 is 9.53 Å². The van der Waals surface area contributed by atoms with Crippen LogP contribution < -0.4 is 0 Å². The van der Waals surface area contributed by atoms with E-state index in [0.29, 0.717) is 6.61 Å². The second kappa shape index (κ2) is 6.95. The summed E-state index contributed by atoms with van der Waals surface area (Å²) in [7, 11) is 1.41. The Morgan fingerprint density at radius 1 is 1.30 bits per heavy atom. The summed E-state index contributed by atoms with van der Waals surface area (Å²) < 4.78 is 15.0. The first kappa shape index (κ1) is 9.84. The number of rotatable bonds is 5. The zero-order valence-electron chi connectivity index (χ0n) is 6.66. The van der Waals surface area contributed by atoms with Crippen molar-refractivity contribution in [1.82, 2.24) is 0 Å². The van der Waals surface area contributed by atoms with Crippen LogP contribution in [-0.2, 0) is 13.3 Å². The fourth-order valence-corrected chi connectivity index (χ4v) is 1.20. The van der Waals surface area contributed by atoms with Gasteiger partial charge in [-0.3, -0.25) is 0 Å². The van der Waals surface area contributed by atoms with Crippen molar-refractivity contribution in [3.8, 4) is 0 Å². The maximum Gasteiger partial charge on any atom is 0.483 e. The third-order valence-corrected chi connectivity index (χ3v) is 2.18. The van der Waals surface area contributed by atoms with Crippen molar-refractivity contribution in [2.45, 2.75) is 6.92 Å². The average Bonchev–Trinajstić information content (AvgIpc) is 1.99. The Morgan fingerprint density at radius 3 is 2.30 bits per heavy atom. The predicted octanol–water partition coefficient (Wildman–Crippen LogP) is 0.589. The molecular weight excluding hydrogens is 148 g/mol. The summed E-state index contributed by atoms with van der Waals surface area (Å²) in [6, 6.07) is 0. The molecule has 0 aromatic heterocycles. The first-order chi connectivity index (χ1) is 4.85. The van der Waals surface area contributed by atoms with E-state index in [1.165, 1.54) is 0 Å². The Kier molecular flexibility index (Phi) is 6.84. The van der Waals surface area contributed by atoms with E-state index in [-0.39, 0.29) is 0 Å². The minimum atomic E-state index is -1.77. The molecule has 0 amide bonds. The van der Waals surface area contributed by atoms with E-state index in [9.17, 15) is 0 Å². The second-order valence-electron chi connectivity index (χ2n) is 1.66. The van der Waals surface area contributed by atoms with Gasteiger partial charge in [0.2, 0.25) is 0 Å². The van der Waals surface area contributed by atoms with Gasteiger partial charge in [-0.05, 0) is 6.92 Å². The van der Waals surface area contributed by atoms with Crippen LogP contribution in [0.2, 0.25) is 0 Å². The Hall–Kier alpha value is -0.163. The highest BCUT2D eigenvalue weighted by Crippen LogP contribution is 1.87. The molecular formula is C6H14O3Si. The van der Waals surface area contributed by atoms with Crippen LogP contribution in [0.25, 0.3) is 0 Å². The summed E-state index contributed by atoms with van der Waals surface area (Å²) in [6.07, 6.45) is 3.84. The van der Waals surface area contributed by atoms with Crippen LogP contribution in [0.1, 0.15) is 6.92 Å². The van der Waals surface area contributed by atoms with Crippen LogP contribution in [0.15, 0.2) is 12.2 Å². The fourth-order valence-electron chi connectivity index (χ4n) is 0.463. The lowest BCUT2D eigenvalue weighted by Crippen LogP contribution is -2.23. The number of hydrogen-bond donors (Lipinski definition) is 0. The summed E-state index contributed by atoms with van der Waals surface area (Å²) in [6.45, 7) is 2.52. The lowest BCUT2D eigenvalue weighted by molar-refractivity contribution is 0.148. The van der Waals surface area contributed by atoms with Crippen molar-refractivity contribution in [2.75, 3.05) is 20.8 Å². The molecule has 0 aliphatic heterocycles. The molecule has 0 aliphatic carbocycles. The van der Waals surface area contributed by atoms with Crippen LogP contribution in [-0.4, -0.2) is 30.4 Å². The van der Waals surface area contributed by atoms with Gasteiger partial charge in [-0.2, -0.15) is 0 Å². The second-order valence-corrected chi connectivity index (χ2v) is 3.52. The quantitative estimate of drug-likeness (QED) is 0.437. The van der Waals surface area contributed by atoms with E-state index in [1.807, 2.05) is 19.1 Å². The molecule has 0 unspecified atom stereocenters. The van der Waals surface area contributed by atoms with E-state index in [1.54, 1.807) is 14.2 Å². The van der Waals surface area contributed by atoms with Gasteiger partial charge in [-0.1, -0.05) is 12.2 Å². The molecule has 0 radical (unpaired) electrons. The maximum atomic E-state index is 5.19. The van der Waals surface area contributed by atoms with E-state index in [4.69, 9.17) is 13.3 Å². The lowest BCUT2D eigenvalue weighted by atomic mass is 10.6. The first-order valence-corrected chi connectivity index (χ1v) is 4.55. The maximum absolute atomic E-state index is 5.19. The molecule has 0 saturated carbocycles. The van der Waals surface area contributed by atoms with Crippen molar-refractivity contribution in [2.24, 2.45) is 0 Å². The van der Waals surface area contributed by atoms with Crippen LogP contribution in [0.4, 0.5) is 0 Å². The molecule has 0 aromatic rings. The third kappa shape index (κ3) is 4.69. The molecule has 0 spiro atoms. The van der Waals surface area contributed by atoms with Gasteiger partial charge in [0.1, 0.15) is 0 Å². The standard InChI is InChI=1S/C6H14O3Si/c1-4-5-6-9-10(7-2)8-3/h4-5,10H,6H2,1-3H3. The highest BCUT2D eigenvalue weighted by molar-refractivity contribution is 6.36. The Morgan fingerprint density at radius 2 is 1.90 bits per heavy atom. The molecule has 60 valence electrons. The molecule has 10 heavy (non-hydrogen) atoms. The van der Waals surface area contributed by atoms with Crippen LogP contribution in [0.3, 0.4) is 0 Å². The average molecular weight is 162 g/mol. The Labute approximate surface area is 63.6 Å². The molecule has 0 fully saturated rings. The van der Waals surface area contributed by atoms with Gasteiger partial charge in [-0.15, -0.1) is 0 Å². The fraction of sp³-hybridized carbons (Fsp3) is 0.667. The minimum Gasteiger partial charge on any atom is -0.379 e. The smallest absolute Gasteiger partial charge is 0.379 e. The summed E-state index contributed by atoms with van der Waals surface area (Å²) in [5, 5.41) is 0. The van der Waals surface area contributed by atoms with E-state index in [2.05, 4.69) is 0 Å². The SMILES string of the molecule is CC=CCO[SiH](OC)OC. The third-order valence-electron chi connectivity index (χ3n) is 0.949. The summed E-state index contributed by atoms with van der Waals surface area (Å²) >= 11 is 0. The monoisotopic (exact) mass is 162 g/mol. The molecule has 4 heteroatoms. The predicted molar refractivity (Wildman–Crippen MR) is 41.9 cm³/mol. The van der Waals surface area contributed by atoms with Gasteiger partial charge in [-0.25, -0.2) is 0 Å². The topological polar surface area (TPSA) is 27.7 Å². The molecule has 0 bridgehead atoms. The van der Waals surface area contributed by atoms with Crippen LogP contribution in [0, 0.1) is 0 Å². The summed E-state index contributed by atoms with van der Waals surface area (Å²) in [5.41, 5.74) is 0. The molecule has 0 heterocycles. The highest BCUT2D eigenvalue weighted by atomic mass is 28.3. The van der Waals surface area contributed by atoms with Gasteiger partial charge in [0.15, 0.2) is 0 Å². The highest BCUT2D eigenvalue weighted by Gasteiger charge is 2.07. The van der Waals surface area contributed by atoms with Crippen LogP contribution in [0.5, 0.6) is 0 Å². The minimum absolute atomic E-state index is 0.578. The summed E-state index contributed by atoms with van der Waals surface area (Å²) in [4.78, 5) is 0. The van der Waals surface area contributed by atoms with Gasteiger partial charge < -0.3 is 13.3 Å². The van der Waals surface area contributed by atoms with E-state index in [0.717, 1.165) is 0 Å². The zero-order chi connectivity index (χ0) is 7.82. The van der Waals surface area contributed by atoms with Gasteiger partial charge in [0.25, 0.3) is 0 Å². The first-order valence-electron chi connectivity index (χ1n) is 3.13. The van der Waals surface area contributed by atoms with Gasteiger partial charge in [0, 0.05) is 14.2 Å². The molecule has 0 rings (SSSR count). The Balaban J connectivity index is 3.25. The zero-order valence-corrected chi connectivity index (χ0v) is 7.82. The molecule has 0 saturated heterocycles. The van der Waals surface area contributed by atoms with E-state index >= 15 is 0 Å². The Bertz CT molecular complexity index is 91.0. The molecule has 0 N–H and O–H groups in total. The van der Waals surface area contributed by atoms with Crippen LogP contribution >= 0.6 is 0 Å². The van der Waals surface area contributed by atoms with Crippen molar-refractivity contribution < 1.29 is 13.3 Å². The molecule has 0 atom stereocenters. The largest absolute Gasteiger partial charge is 0.483 e. The van der Waals surface area contributed by atoms with Gasteiger partial charge in [0.05, 0.1) is 6.61 Å². The number of allylic oxidation sites excluding steroid dienone is 1. The lowest BCUT2D eigenvalue weighted by Gasteiger charge is -2.08. The molecule has 0 aromatic carbocycles.